The maximum Gasteiger partial charge on any atom is 0.0110 e. The van der Waals surface area contributed by atoms with Gasteiger partial charge < -0.3 is 15.1 Å². The third-order valence-electron chi connectivity index (χ3n) is 4.36. The normalized spacial score (nSPS) is 22.9. The lowest BCUT2D eigenvalue weighted by Crippen LogP contribution is -2.50. The molecule has 0 bridgehead atoms. The topological polar surface area (TPSA) is 18.5 Å². The summed E-state index contributed by atoms with van der Waals surface area (Å²) in [6.07, 6.45) is 4.20. The summed E-state index contributed by atoms with van der Waals surface area (Å²) in [7, 11) is 0. The van der Waals surface area contributed by atoms with Crippen molar-refractivity contribution in [2.45, 2.75) is 40.0 Å². The van der Waals surface area contributed by atoms with Gasteiger partial charge in [0.25, 0.3) is 0 Å². The molecule has 0 amide bonds. The van der Waals surface area contributed by atoms with Crippen molar-refractivity contribution in [2.75, 3.05) is 52.4 Å². The minimum Gasteiger partial charge on any atom is -0.316 e. The Bertz CT molecular complexity index is 253. The number of piperazine rings is 1. The average Bonchev–Trinajstić information content (AvgIpc) is 3.15. The molecule has 1 saturated heterocycles. The molecule has 3 heteroatoms. The largest absolute Gasteiger partial charge is 0.316 e. The molecule has 1 heterocycles. The van der Waals surface area contributed by atoms with Crippen LogP contribution in [0, 0.1) is 11.3 Å². The summed E-state index contributed by atoms with van der Waals surface area (Å²) in [6.45, 7) is 17.0. The third kappa shape index (κ3) is 5.80. The van der Waals surface area contributed by atoms with Crippen LogP contribution in [0.5, 0.6) is 0 Å². The SMILES string of the molecule is CCCNCC(C)(C)CN1CCN(CC2CC2)CC1. The number of hydrogen-bond donors (Lipinski definition) is 1. The van der Waals surface area contributed by atoms with Gasteiger partial charge in [0, 0.05) is 45.8 Å². The van der Waals surface area contributed by atoms with Crippen LogP contribution in [0.15, 0.2) is 0 Å². The van der Waals surface area contributed by atoms with Gasteiger partial charge >= 0.3 is 0 Å². The van der Waals surface area contributed by atoms with E-state index in [-0.39, 0.29) is 0 Å². The van der Waals surface area contributed by atoms with Gasteiger partial charge in [0.05, 0.1) is 0 Å². The van der Waals surface area contributed by atoms with Gasteiger partial charge in [-0.05, 0) is 37.1 Å². The molecule has 0 unspecified atom stereocenters. The molecule has 3 nitrogen and oxygen atoms in total. The Morgan fingerprint density at radius 2 is 1.68 bits per heavy atom. The second-order valence-electron chi connectivity index (χ2n) is 7.36. The Kier molecular flexibility index (Phi) is 5.67. The zero-order valence-electron chi connectivity index (χ0n) is 13.2. The molecule has 0 spiro atoms. The van der Waals surface area contributed by atoms with E-state index in [4.69, 9.17) is 0 Å². The van der Waals surface area contributed by atoms with Crippen LogP contribution in [0.1, 0.15) is 40.0 Å². The van der Waals surface area contributed by atoms with Crippen molar-refractivity contribution in [1.29, 1.82) is 0 Å². The Balaban J connectivity index is 1.62. The molecule has 1 N–H and O–H groups in total. The molecule has 19 heavy (non-hydrogen) atoms. The molecule has 1 saturated carbocycles. The summed E-state index contributed by atoms with van der Waals surface area (Å²) in [5.74, 6) is 1.04. The van der Waals surface area contributed by atoms with Gasteiger partial charge in [0.2, 0.25) is 0 Å². The van der Waals surface area contributed by atoms with Gasteiger partial charge in [-0.2, -0.15) is 0 Å². The quantitative estimate of drug-likeness (QED) is 0.679. The Hall–Kier alpha value is -0.120. The minimum atomic E-state index is 0.397. The van der Waals surface area contributed by atoms with Crippen molar-refractivity contribution in [3.63, 3.8) is 0 Å². The van der Waals surface area contributed by atoms with E-state index >= 15 is 0 Å². The molecule has 0 aromatic rings. The van der Waals surface area contributed by atoms with Gasteiger partial charge in [-0.1, -0.05) is 20.8 Å². The van der Waals surface area contributed by atoms with Crippen LogP contribution in [-0.2, 0) is 0 Å². The van der Waals surface area contributed by atoms with Crippen LogP contribution in [0.3, 0.4) is 0 Å². The third-order valence-corrected chi connectivity index (χ3v) is 4.36. The Morgan fingerprint density at radius 1 is 1.05 bits per heavy atom. The molecule has 0 radical (unpaired) electrons. The molecule has 112 valence electrons. The van der Waals surface area contributed by atoms with Crippen molar-refractivity contribution in [3.05, 3.63) is 0 Å². The smallest absolute Gasteiger partial charge is 0.0110 e. The predicted molar refractivity (Wildman–Crippen MR) is 82.5 cm³/mol. The number of nitrogens with one attached hydrogen (secondary N) is 1. The highest BCUT2D eigenvalue weighted by Gasteiger charge is 2.28. The van der Waals surface area contributed by atoms with E-state index < -0.39 is 0 Å². The fraction of sp³-hybridized carbons (Fsp3) is 1.00. The maximum absolute atomic E-state index is 3.57. The summed E-state index contributed by atoms with van der Waals surface area (Å²) in [5, 5.41) is 3.57. The lowest BCUT2D eigenvalue weighted by atomic mass is 9.92. The van der Waals surface area contributed by atoms with Crippen LogP contribution in [0.2, 0.25) is 0 Å². The summed E-state index contributed by atoms with van der Waals surface area (Å²) in [5.41, 5.74) is 0.397. The van der Waals surface area contributed by atoms with E-state index in [9.17, 15) is 0 Å². The Labute approximate surface area is 119 Å². The standard InChI is InChI=1S/C16H33N3/c1-4-7-17-13-16(2,3)14-19-10-8-18(9-11-19)12-15-5-6-15/h15,17H,4-14H2,1-3H3. The summed E-state index contributed by atoms with van der Waals surface area (Å²) >= 11 is 0. The molecule has 1 aliphatic heterocycles. The fourth-order valence-electron chi connectivity index (χ4n) is 3.06. The molecule has 2 rings (SSSR count). The number of nitrogens with zero attached hydrogens (tertiary/aromatic N) is 2. The first kappa shape index (κ1) is 15.3. The molecule has 0 aromatic carbocycles. The van der Waals surface area contributed by atoms with Gasteiger partial charge in [0.15, 0.2) is 0 Å². The molecule has 0 aromatic heterocycles. The van der Waals surface area contributed by atoms with Crippen LogP contribution in [0.25, 0.3) is 0 Å². The van der Waals surface area contributed by atoms with E-state index in [1.165, 1.54) is 58.5 Å². The van der Waals surface area contributed by atoms with E-state index in [2.05, 4.69) is 35.9 Å². The highest BCUT2D eigenvalue weighted by atomic mass is 15.3. The summed E-state index contributed by atoms with van der Waals surface area (Å²) in [6, 6.07) is 0. The summed E-state index contributed by atoms with van der Waals surface area (Å²) in [4.78, 5) is 5.34. The molecular weight excluding hydrogens is 234 g/mol. The van der Waals surface area contributed by atoms with Crippen LogP contribution < -0.4 is 5.32 Å². The average molecular weight is 267 g/mol. The number of rotatable bonds is 8. The van der Waals surface area contributed by atoms with E-state index in [0.29, 0.717) is 5.41 Å². The van der Waals surface area contributed by atoms with Crippen LogP contribution in [0.4, 0.5) is 0 Å². The fourth-order valence-corrected chi connectivity index (χ4v) is 3.06. The molecular formula is C16H33N3. The second kappa shape index (κ2) is 7.05. The van der Waals surface area contributed by atoms with Crippen molar-refractivity contribution < 1.29 is 0 Å². The van der Waals surface area contributed by atoms with Gasteiger partial charge in [0.1, 0.15) is 0 Å². The highest BCUT2D eigenvalue weighted by molar-refractivity contribution is 4.83. The summed E-state index contributed by atoms with van der Waals surface area (Å²) < 4.78 is 0. The monoisotopic (exact) mass is 267 g/mol. The van der Waals surface area contributed by atoms with Crippen molar-refractivity contribution in [2.24, 2.45) is 11.3 Å². The van der Waals surface area contributed by atoms with Gasteiger partial charge in [-0.3, -0.25) is 0 Å². The zero-order chi connectivity index (χ0) is 13.7. The van der Waals surface area contributed by atoms with Crippen LogP contribution in [-0.4, -0.2) is 62.2 Å². The molecule has 1 aliphatic carbocycles. The first-order valence-electron chi connectivity index (χ1n) is 8.24. The van der Waals surface area contributed by atoms with E-state index in [0.717, 1.165) is 19.0 Å². The molecule has 2 fully saturated rings. The van der Waals surface area contributed by atoms with Gasteiger partial charge in [-0.25, -0.2) is 0 Å². The zero-order valence-corrected chi connectivity index (χ0v) is 13.2. The molecule has 2 aliphatic rings. The Morgan fingerprint density at radius 3 is 2.26 bits per heavy atom. The first-order valence-corrected chi connectivity index (χ1v) is 8.24. The second-order valence-corrected chi connectivity index (χ2v) is 7.36. The van der Waals surface area contributed by atoms with Crippen molar-refractivity contribution >= 4 is 0 Å². The van der Waals surface area contributed by atoms with Crippen molar-refractivity contribution in [3.8, 4) is 0 Å². The lowest BCUT2D eigenvalue weighted by Gasteiger charge is -2.39. The van der Waals surface area contributed by atoms with Crippen LogP contribution >= 0.6 is 0 Å². The number of hydrogen-bond acceptors (Lipinski definition) is 3. The maximum atomic E-state index is 3.57. The van der Waals surface area contributed by atoms with E-state index in [1.807, 2.05) is 0 Å². The van der Waals surface area contributed by atoms with E-state index in [1.54, 1.807) is 0 Å². The molecule has 0 atom stereocenters. The predicted octanol–water partition coefficient (Wildman–Crippen LogP) is 2.04. The first-order chi connectivity index (χ1) is 9.09. The van der Waals surface area contributed by atoms with Gasteiger partial charge in [-0.15, -0.1) is 0 Å². The van der Waals surface area contributed by atoms with Crippen molar-refractivity contribution in [1.82, 2.24) is 15.1 Å². The highest BCUT2D eigenvalue weighted by Crippen LogP contribution is 2.30. The lowest BCUT2D eigenvalue weighted by molar-refractivity contribution is 0.0939. The minimum absolute atomic E-state index is 0.397.